The molecule has 2 aliphatic rings. The van der Waals surface area contributed by atoms with Crippen molar-refractivity contribution in [3.05, 3.63) is 35.9 Å². The van der Waals surface area contributed by atoms with Crippen LogP contribution in [0.3, 0.4) is 0 Å². The van der Waals surface area contributed by atoms with E-state index in [9.17, 15) is 4.79 Å². The molecule has 0 aromatic heterocycles. The Balaban J connectivity index is 1.51. The molecule has 1 aromatic rings. The first-order valence-corrected chi connectivity index (χ1v) is 9.32. The highest BCUT2D eigenvalue weighted by atomic mass is 32.2. The Kier molecular flexibility index (Phi) is 5.14. The molecule has 0 aliphatic carbocycles. The second-order valence-corrected chi connectivity index (χ2v) is 8.67. The van der Waals surface area contributed by atoms with E-state index >= 15 is 0 Å². The van der Waals surface area contributed by atoms with Crippen molar-refractivity contribution in [3.63, 3.8) is 0 Å². The van der Waals surface area contributed by atoms with Crippen molar-refractivity contribution in [1.29, 1.82) is 0 Å². The standard InChI is InChI=1S/C16H20O3S2/c17-15-10-16(20-7-4-8-21-16)9-14(19-15)12-18-11-13-5-2-1-3-6-13/h1-3,5-6,14H,4,7-12H2. The zero-order valence-corrected chi connectivity index (χ0v) is 13.6. The molecule has 21 heavy (non-hydrogen) atoms. The molecule has 114 valence electrons. The van der Waals surface area contributed by atoms with Gasteiger partial charge in [-0.05, 0) is 23.5 Å². The highest BCUT2D eigenvalue weighted by Gasteiger charge is 2.43. The number of ether oxygens (including phenoxy) is 2. The normalized spacial score (nSPS) is 24.8. The topological polar surface area (TPSA) is 35.5 Å². The van der Waals surface area contributed by atoms with Gasteiger partial charge in [-0.2, -0.15) is 0 Å². The van der Waals surface area contributed by atoms with Crippen LogP contribution in [0.4, 0.5) is 0 Å². The maximum absolute atomic E-state index is 11.9. The molecule has 1 unspecified atom stereocenters. The third-order valence-electron chi connectivity index (χ3n) is 3.68. The average molecular weight is 324 g/mol. The number of benzene rings is 1. The second-order valence-electron chi connectivity index (χ2n) is 5.45. The number of thioether (sulfide) groups is 2. The van der Waals surface area contributed by atoms with Crippen LogP contribution in [0, 0.1) is 0 Å². The zero-order valence-electron chi connectivity index (χ0n) is 12.0. The summed E-state index contributed by atoms with van der Waals surface area (Å²) in [6, 6.07) is 10.1. The van der Waals surface area contributed by atoms with E-state index in [2.05, 4.69) is 0 Å². The smallest absolute Gasteiger partial charge is 0.308 e. The fraction of sp³-hybridized carbons (Fsp3) is 0.562. The predicted octanol–water partition coefficient (Wildman–Crippen LogP) is 3.48. The third kappa shape index (κ3) is 4.18. The molecule has 0 bridgehead atoms. The Bertz CT molecular complexity index is 472. The SMILES string of the molecule is O=C1CC2(CC(COCc3ccccc3)O1)SCCCS2. The quantitative estimate of drug-likeness (QED) is 0.793. The van der Waals surface area contributed by atoms with Crippen LogP contribution in [0.2, 0.25) is 0 Å². The monoisotopic (exact) mass is 324 g/mol. The predicted molar refractivity (Wildman–Crippen MR) is 87.5 cm³/mol. The molecule has 3 rings (SSSR count). The van der Waals surface area contributed by atoms with Crippen LogP contribution in [0.15, 0.2) is 30.3 Å². The van der Waals surface area contributed by atoms with Gasteiger partial charge in [0, 0.05) is 6.42 Å². The lowest BCUT2D eigenvalue weighted by Crippen LogP contribution is -2.42. The second kappa shape index (κ2) is 7.07. The highest BCUT2D eigenvalue weighted by molar-refractivity contribution is 8.18. The molecule has 2 saturated heterocycles. The molecule has 1 aromatic carbocycles. The van der Waals surface area contributed by atoms with Crippen molar-refractivity contribution in [2.45, 2.75) is 36.1 Å². The Labute approximate surface area is 134 Å². The van der Waals surface area contributed by atoms with Gasteiger partial charge in [-0.25, -0.2) is 0 Å². The Morgan fingerprint density at radius 1 is 1.24 bits per heavy atom. The first-order valence-electron chi connectivity index (χ1n) is 7.35. The van der Waals surface area contributed by atoms with Gasteiger partial charge in [-0.1, -0.05) is 30.3 Å². The van der Waals surface area contributed by atoms with Crippen molar-refractivity contribution in [1.82, 2.24) is 0 Å². The van der Waals surface area contributed by atoms with Crippen molar-refractivity contribution >= 4 is 29.5 Å². The summed E-state index contributed by atoms with van der Waals surface area (Å²) in [5.41, 5.74) is 1.15. The number of cyclic esters (lactones) is 1. The van der Waals surface area contributed by atoms with E-state index in [1.54, 1.807) is 0 Å². The molecule has 1 spiro atoms. The lowest BCUT2D eigenvalue weighted by atomic mass is 10.1. The van der Waals surface area contributed by atoms with Crippen molar-refractivity contribution < 1.29 is 14.3 Å². The van der Waals surface area contributed by atoms with Gasteiger partial charge in [0.1, 0.15) is 6.10 Å². The van der Waals surface area contributed by atoms with E-state index < -0.39 is 0 Å². The lowest BCUT2D eigenvalue weighted by molar-refractivity contribution is -0.157. The number of hydrogen-bond acceptors (Lipinski definition) is 5. The fourth-order valence-corrected chi connectivity index (χ4v) is 6.11. The molecule has 0 N–H and O–H groups in total. The van der Waals surface area contributed by atoms with Crippen LogP contribution in [-0.4, -0.2) is 34.3 Å². The first-order chi connectivity index (χ1) is 10.3. The molecule has 0 radical (unpaired) electrons. The molecule has 5 heteroatoms. The van der Waals surface area contributed by atoms with Gasteiger partial charge >= 0.3 is 5.97 Å². The molecule has 2 fully saturated rings. The van der Waals surface area contributed by atoms with Gasteiger partial charge in [0.25, 0.3) is 0 Å². The van der Waals surface area contributed by atoms with E-state index in [0.29, 0.717) is 19.6 Å². The Morgan fingerprint density at radius 3 is 2.76 bits per heavy atom. The summed E-state index contributed by atoms with van der Waals surface area (Å²) in [5.74, 6) is 2.23. The Hall–Kier alpha value is -0.650. The van der Waals surface area contributed by atoms with Crippen LogP contribution >= 0.6 is 23.5 Å². The van der Waals surface area contributed by atoms with E-state index in [-0.39, 0.29) is 16.2 Å². The Morgan fingerprint density at radius 2 is 2.00 bits per heavy atom. The van der Waals surface area contributed by atoms with E-state index in [0.717, 1.165) is 23.5 Å². The maximum atomic E-state index is 11.9. The van der Waals surface area contributed by atoms with Gasteiger partial charge in [-0.15, -0.1) is 23.5 Å². The summed E-state index contributed by atoms with van der Waals surface area (Å²) in [6.45, 7) is 1.06. The van der Waals surface area contributed by atoms with Gasteiger partial charge in [-0.3, -0.25) is 4.79 Å². The largest absolute Gasteiger partial charge is 0.460 e. The van der Waals surface area contributed by atoms with Crippen LogP contribution in [0.5, 0.6) is 0 Å². The van der Waals surface area contributed by atoms with Crippen LogP contribution in [0.1, 0.15) is 24.8 Å². The van der Waals surface area contributed by atoms with Crippen molar-refractivity contribution in [2.24, 2.45) is 0 Å². The van der Waals surface area contributed by atoms with Gasteiger partial charge in [0.2, 0.25) is 0 Å². The summed E-state index contributed by atoms with van der Waals surface area (Å²) >= 11 is 3.86. The van der Waals surface area contributed by atoms with E-state index in [4.69, 9.17) is 9.47 Å². The highest BCUT2D eigenvalue weighted by Crippen LogP contribution is 2.50. The molecule has 1 atom stereocenters. The number of rotatable bonds is 4. The molecular weight excluding hydrogens is 304 g/mol. The van der Waals surface area contributed by atoms with Crippen LogP contribution in [0.25, 0.3) is 0 Å². The molecule has 2 aliphatic heterocycles. The number of carbonyl (C=O) groups excluding carboxylic acids is 1. The van der Waals surface area contributed by atoms with Gasteiger partial charge in [0.15, 0.2) is 0 Å². The summed E-state index contributed by atoms with van der Waals surface area (Å²) in [4.78, 5) is 11.9. The summed E-state index contributed by atoms with van der Waals surface area (Å²) in [6.07, 6.45) is 2.58. The molecule has 3 nitrogen and oxygen atoms in total. The van der Waals surface area contributed by atoms with Gasteiger partial charge in [0.05, 0.1) is 23.7 Å². The summed E-state index contributed by atoms with van der Waals surface area (Å²) in [7, 11) is 0. The van der Waals surface area contributed by atoms with E-state index in [1.165, 1.54) is 6.42 Å². The lowest BCUT2D eigenvalue weighted by Gasteiger charge is -2.41. The summed E-state index contributed by atoms with van der Waals surface area (Å²) in [5, 5.41) is 0. The summed E-state index contributed by atoms with van der Waals surface area (Å²) < 4.78 is 11.2. The van der Waals surface area contributed by atoms with Crippen LogP contribution < -0.4 is 0 Å². The minimum Gasteiger partial charge on any atom is -0.460 e. The fourth-order valence-electron chi connectivity index (χ4n) is 2.72. The average Bonchev–Trinajstić information content (AvgIpc) is 2.48. The van der Waals surface area contributed by atoms with Crippen molar-refractivity contribution in [2.75, 3.05) is 18.1 Å². The minimum absolute atomic E-state index is 0.0361. The van der Waals surface area contributed by atoms with Crippen LogP contribution in [-0.2, 0) is 20.9 Å². The molecule has 0 amide bonds. The number of hydrogen-bond donors (Lipinski definition) is 0. The molecular formula is C16H20O3S2. The first kappa shape index (κ1) is 15.3. The van der Waals surface area contributed by atoms with Crippen molar-refractivity contribution in [3.8, 4) is 0 Å². The molecule has 2 heterocycles. The minimum atomic E-state index is -0.104. The zero-order chi connectivity index (χ0) is 14.5. The van der Waals surface area contributed by atoms with Gasteiger partial charge < -0.3 is 9.47 Å². The number of esters is 1. The molecule has 0 saturated carbocycles. The maximum Gasteiger partial charge on any atom is 0.308 e. The third-order valence-corrected chi connectivity index (χ3v) is 7.05. The van der Waals surface area contributed by atoms with E-state index in [1.807, 2.05) is 53.9 Å². The number of carbonyl (C=O) groups is 1.